The van der Waals surface area contributed by atoms with Crippen molar-refractivity contribution in [1.82, 2.24) is 9.97 Å². The van der Waals surface area contributed by atoms with E-state index in [9.17, 15) is 0 Å². The molecule has 5 aromatic carbocycles. The Hall–Kier alpha value is -4.89. The van der Waals surface area contributed by atoms with Gasteiger partial charge >= 0.3 is 0 Å². The molecule has 0 aliphatic heterocycles. The number of aromatic nitrogens is 2. The zero-order chi connectivity index (χ0) is 51.7. The molecule has 3 aromatic heterocycles. The van der Waals surface area contributed by atoms with Crippen molar-refractivity contribution in [3.8, 4) is 33.6 Å². The quantitative estimate of drug-likeness (QED) is 0.161. The van der Waals surface area contributed by atoms with Gasteiger partial charge in [0.2, 0.25) is 0 Å². The fourth-order valence-corrected chi connectivity index (χ4v) is 7.39. The Morgan fingerprint density at radius 1 is 0.737 bits per heavy atom. The summed E-state index contributed by atoms with van der Waals surface area (Å²) in [6.07, 6.45) is 5.33. The van der Waals surface area contributed by atoms with E-state index in [0.717, 1.165) is 59.0 Å². The fourth-order valence-electron chi connectivity index (χ4n) is 7.39. The number of nitrogens with zero attached hydrogens (tertiary/aromatic N) is 2. The van der Waals surface area contributed by atoms with E-state index in [4.69, 9.17) is 25.0 Å². The number of rotatable bonds is 5. The minimum Gasteiger partial charge on any atom is -0.500 e. The van der Waals surface area contributed by atoms with E-state index >= 15 is 0 Å². The van der Waals surface area contributed by atoms with Crippen LogP contribution in [0.4, 0.5) is 0 Å². The molecular weight excluding hydrogens is 873 g/mol. The molecule has 3 heterocycles. The second kappa shape index (κ2) is 16.9. The molecule has 1 aliphatic carbocycles. The summed E-state index contributed by atoms with van der Waals surface area (Å²) in [5.74, 6) is -0.598. The molecular formula is C53H52IrN2O-2. The van der Waals surface area contributed by atoms with Crippen molar-refractivity contribution in [3.63, 3.8) is 0 Å². The Bertz CT molecular complexity index is 3270. The monoisotopic (exact) mass is 940 g/mol. The summed E-state index contributed by atoms with van der Waals surface area (Å²) in [5.41, 5.74) is 3.52. The first kappa shape index (κ1) is 25.5. The van der Waals surface area contributed by atoms with E-state index in [1.165, 1.54) is 30.8 Å². The molecule has 0 amide bonds. The van der Waals surface area contributed by atoms with Gasteiger partial charge in [0.15, 0.2) is 0 Å². The third-order valence-corrected chi connectivity index (χ3v) is 10.2. The van der Waals surface area contributed by atoms with Gasteiger partial charge in [0, 0.05) is 63.8 Å². The summed E-state index contributed by atoms with van der Waals surface area (Å²) in [7, 11) is 0. The molecule has 3 nitrogen and oxygen atoms in total. The minimum atomic E-state index is -2.62. The molecule has 0 bridgehead atoms. The molecule has 291 valence electrons. The van der Waals surface area contributed by atoms with E-state index in [1.54, 1.807) is 32.9 Å². The SMILES string of the molecule is [2H]C([2H])([2H])c1c[c-]c(-c2cc(C([2H])([2H])C(C)(C)C)c(C([2H])([2H])[2H])cn2)cc1-c1ccccc1.[2H]C([2H])([2H])c1cnc(-c2[c-]ccc3c2oc2c4cc(C5([2H])CCCCC5)ccc4ccc32)cc1C([2H])([2H])[2H].[Ir]. The molecule has 0 saturated heterocycles. The maximum Gasteiger partial charge on any atom is 0.128 e. The first-order valence-corrected chi connectivity index (χ1v) is 18.9. The van der Waals surface area contributed by atoms with Crippen LogP contribution in [0.5, 0.6) is 0 Å². The van der Waals surface area contributed by atoms with Gasteiger partial charge in [0.05, 0.1) is 5.58 Å². The van der Waals surface area contributed by atoms with Crippen molar-refractivity contribution >= 4 is 32.7 Å². The normalized spacial score (nSPS) is 19.0. The van der Waals surface area contributed by atoms with Crippen LogP contribution in [-0.4, -0.2) is 9.97 Å². The smallest absolute Gasteiger partial charge is 0.128 e. The summed E-state index contributed by atoms with van der Waals surface area (Å²) in [5, 5.41) is 3.66. The Labute approximate surface area is 373 Å². The molecule has 1 aliphatic rings. The number of hydrogen-bond acceptors (Lipinski definition) is 3. The molecule has 9 rings (SSSR count). The van der Waals surface area contributed by atoms with Crippen molar-refractivity contribution in [1.29, 1.82) is 0 Å². The molecule has 0 unspecified atom stereocenters. The number of pyridine rings is 2. The van der Waals surface area contributed by atoms with E-state index < -0.39 is 45.1 Å². The Kier molecular flexibility index (Phi) is 7.56. The van der Waals surface area contributed by atoms with Crippen LogP contribution in [0.25, 0.3) is 66.4 Å². The van der Waals surface area contributed by atoms with Gasteiger partial charge in [0.25, 0.3) is 0 Å². The van der Waals surface area contributed by atoms with Gasteiger partial charge in [-0.3, -0.25) is 0 Å². The largest absolute Gasteiger partial charge is 0.500 e. The van der Waals surface area contributed by atoms with Crippen LogP contribution < -0.4 is 0 Å². The summed E-state index contributed by atoms with van der Waals surface area (Å²) in [6.45, 7) is -4.99. The summed E-state index contributed by atoms with van der Waals surface area (Å²) < 4.78 is 127. The Morgan fingerprint density at radius 3 is 2.25 bits per heavy atom. The van der Waals surface area contributed by atoms with Gasteiger partial charge in [-0.15, -0.1) is 47.5 Å². The zero-order valence-electron chi connectivity index (χ0n) is 47.1. The molecule has 0 atom stereocenters. The zero-order valence-corrected chi connectivity index (χ0v) is 34.5. The van der Waals surface area contributed by atoms with Crippen molar-refractivity contribution in [2.24, 2.45) is 5.41 Å². The van der Waals surface area contributed by atoms with Crippen molar-refractivity contribution in [2.45, 2.75) is 92.5 Å². The van der Waals surface area contributed by atoms with Crippen molar-refractivity contribution in [3.05, 3.63) is 155 Å². The van der Waals surface area contributed by atoms with Gasteiger partial charge in [-0.25, -0.2) is 0 Å². The van der Waals surface area contributed by atoms with E-state index in [1.807, 2.05) is 54.6 Å². The third kappa shape index (κ3) is 8.69. The second-order valence-corrected chi connectivity index (χ2v) is 15.4. The summed E-state index contributed by atoms with van der Waals surface area (Å²) in [4.78, 5) is 8.63. The number of benzene rings is 5. The molecule has 8 aromatic rings. The molecule has 4 heteroatoms. The number of fused-ring (bicyclic) bond motifs is 5. The molecule has 0 spiro atoms. The van der Waals surface area contributed by atoms with Crippen molar-refractivity contribution in [2.75, 3.05) is 0 Å². The maximum absolute atomic E-state index is 9.10. The van der Waals surface area contributed by atoms with Gasteiger partial charge in [-0.2, -0.15) is 0 Å². The minimum absolute atomic E-state index is 0. The molecule has 0 N–H and O–H groups in total. The number of furan rings is 1. The molecule has 1 saturated carbocycles. The van der Waals surface area contributed by atoms with Crippen LogP contribution in [0.2, 0.25) is 0 Å². The Balaban J connectivity index is 0.000000211. The average molecular weight is 940 g/mol. The Morgan fingerprint density at radius 2 is 1.47 bits per heavy atom. The number of aryl methyl sites for hydroxylation is 4. The summed E-state index contributed by atoms with van der Waals surface area (Å²) in [6, 6.07) is 34.9. The second-order valence-electron chi connectivity index (χ2n) is 15.4. The van der Waals surface area contributed by atoms with Crippen LogP contribution in [0.15, 0.2) is 114 Å². The third-order valence-electron chi connectivity index (χ3n) is 10.2. The van der Waals surface area contributed by atoms with Crippen LogP contribution in [-0.2, 0) is 26.5 Å². The maximum atomic E-state index is 9.10. The van der Waals surface area contributed by atoms with Crippen LogP contribution in [0.3, 0.4) is 0 Å². The molecule has 1 fully saturated rings. The van der Waals surface area contributed by atoms with Crippen molar-refractivity contribution < 1.29 is 45.1 Å². The topological polar surface area (TPSA) is 38.9 Å². The molecule has 57 heavy (non-hydrogen) atoms. The van der Waals surface area contributed by atoms with Gasteiger partial charge in [-0.05, 0) is 96.2 Å². The first-order valence-electron chi connectivity index (χ1n) is 26.4. The predicted octanol–water partition coefficient (Wildman–Crippen LogP) is 14.7. The van der Waals surface area contributed by atoms with Gasteiger partial charge in [-0.1, -0.05) is 141 Å². The van der Waals surface area contributed by atoms with E-state index in [2.05, 4.69) is 34.2 Å². The van der Waals surface area contributed by atoms with Gasteiger partial charge in [0.1, 0.15) is 5.58 Å². The predicted molar refractivity (Wildman–Crippen MR) is 235 cm³/mol. The fraction of sp³-hybridized carbons (Fsp3) is 0.283. The van der Waals surface area contributed by atoms with E-state index in [0.29, 0.717) is 39.1 Å². The summed E-state index contributed by atoms with van der Waals surface area (Å²) >= 11 is 0. The molecule has 1 radical (unpaired) electrons. The van der Waals surface area contributed by atoms with Crippen LogP contribution in [0, 0.1) is 45.0 Å². The first-order chi connectivity index (χ1) is 33.0. The van der Waals surface area contributed by atoms with Gasteiger partial charge < -0.3 is 14.4 Å². The van der Waals surface area contributed by atoms with Crippen LogP contribution >= 0.6 is 0 Å². The standard InChI is InChI=1S/C29H26NO.C24H26N.Ir/c1-18-15-27(30-17-19(18)2)25-10-6-9-23-24-14-13-21-11-12-22(20-7-4-3-5-8-20)16-26(21)29(24)31-28(23)25;1-17-11-12-20(13-22(17)19-9-7-6-8-10-19)23-14-21(15-24(3,4)5)18(2)16-25-23;/h6,9,11-17,20H,3-5,7-8H2,1-2H3;6-11,13-14,16H,15H2,1-5H3;/q2*-1;/i1D3,2D3,20D;1D3,2D3,15D2;. The average Bonchev–Trinajstić information content (AvgIpc) is 3.70. The van der Waals surface area contributed by atoms with E-state index in [-0.39, 0.29) is 53.6 Å². The number of hydrogen-bond donors (Lipinski definition) is 0. The van der Waals surface area contributed by atoms with Crippen LogP contribution in [0.1, 0.15) is 113 Å².